The molecule has 0 spiro atoms. The minimum absolute atomic E-state index is 0.0270. The first-order chi connectivity index (χ1) is 12.8. The van der Waals surface area contributed by atoms with Crippen molar-refractivity contribution >= 4 is 23.2 Å². The van der Waals surface area contributed by atoms with Gasteiger partial charge in [-0.05, 0) is 53.8 Å². The number of anilines is 2. The van der Waals surface area contributed by atoms with E-state index < -0.39 is 0 Å². The number of amides is 2. The number of hydrogen-bond acceptors (Lipinski definition) is 2. The lowest BCUT2D eigenvalue weighted by Crippen LogP contribution is -2.14. The van der Waals surface area contributed by atoms with Crippen LogP contribution in [0.3, 0.4) is 0 Å². The van der Waals surface area contributed by atoms with Crippen molar-refractivity contribution in [1.82, 2.24) is 0 Å². The van der Waals surface area contributed by atoms with Crippen LogP contribution in [0.15, 0.2) is 48.5 Å². The van der Waals surface area contributed by atoms with Gasteiger partial charge in [-0.15, -0.1) is 0 Å². The van der Waals surface area contributed by atoms with Gasteiger partial charge in [0.2, 0.25) is 5.91 Å². The minimum atomic E-state index is -0.146. The molecule has 4 nitrogen and oxygen atoms in total. The minimum Gasteiger partial charge on any atom is -0.326 e. The highest BCUT2D eigenvalue weighted by Crippen LogP contribution is 2.22. The molecule has 2 rings (SSSR count). The normalized spacial score (nSPS) is 11.1. The van der Waals surface area contributed by atoms with Crippen molar-refractivity contribution in [2.24, 2.45) is 0 Å². The lowest BCUT2D eigenvalue weighted by molar-refractivity contribution is -0.116. The molecule has 0 aliphatic rings. The second kappa shape index (κ2) is 9.36. The fraction of sp³-hybridized carbons (Fsp3) is 0.391. The van der Waals surface area contributed by atoms with Crippen molar-refractivity contribution in [3.8, 4) is 0 Å². The van der Waals surface area contributed by atoms with Gasteiger partial charge in [0.25, 0.3) is 5.91 Å². The van der Waals surface area contributed by atoms with E-state index in [0.29, 0.717) is 17.7 Å². The van der Waals surface area contributed by atoms with Gasteiger partial charge in [-0.2, -0.15) is 0 Å². The summed E-state index contributed by atoms with van der Waals surface area (Å²) < 4.78 is 0. The van der Waals surface area contributed by atoms with Crippen LogP contribution in [0.2, 0.25) is 0 Å². The molecule has 4 heteroatoms. The first-order valence-electron chi connectivity index (χ1n) is 9.61. The standard InChI is InChI=1S/C23H30N2O2/c1-5-6-7-8-21(26)24-19-13-15-20(16-14-19)25-22(27)17-9-11-18(12-10-17)23(2,3)4/h9-16H,5-8H2,1-4H3,(H,24,26)(H,25,27). The highest BCUT2D eigenvalue weighted by atomic mass is 16.2. The number of carbonyl (C=O) groups excluding carboxylic acids is 2. The Kier molecular flexibility index (Phi) is 7.17. The summed E-state index contributed by atoms with van der Waals surface area (Å²) in [5, 5.41) is 5.77. The molecule has 0 heterocycles. The van der Waals surface area contributed by atoms with Crippen LogP contribution in [0.5, 0.6) is 0 Å². The predicted molar refractivity (Wildman–Crippen MR) is 112 cm³/mol. The van der Waals surface area contributed by atoms with Gasteiger partial charge >= 0.3 is 0 Å². The monoisotopic (exact) mass is 366 g/mol. The van der Waals surface area contributed by atoms with Crippen LogP contribution in [-0.4, -0.2) is 11.8 Å². The summed E-state index contributed by atoms with van der Waals surface area (Å²) in [7, 11) is 0. The highest BCUT2D eigenvalue weighted by molar-refractivity contribution is 6.04. The Morgan fingerprint density at radius 3 is 1.89 bits per heavy atom. The van der Waals surface area contributed by atoms with E-state index in [9.17, 15) is 9.59 Å². The number of nitrogens with one attached hydrogen (secondary N) is 2. The molecule has 2 aromatic carbocycles. The topological polar surface area (TPSA) is 58.2 Å². The van der Waals surface area contributed by atoms with Gasteiger partial charge in [0.1, 0.15) is 0 Å². The summed E-state index contributed by atoms with van der Waals surface area (Å²) in [5.74, 6) is -0.119. The zero-order valence-electron chi connectivity index (χ0n) is 16.8. The summed E-state index contributed by atoms with van der Waals surface area (Å²) >= 11 is 0. The molecule has 2 amide bonds. The van der Waals surface area contributed by atoms with Crippen LogP contribution < -0.4 is 10.6 Å². The summed E-state index contributed by atoms with van der Waals surface area (Å²) in [6.07, 6.45) is 3.61. The van der Waals surface area contributed by atoms with Crippen molar-refractivity contribution < 1.29 is 9.59 Å². The maximum atomic E-state index is 12.4. The summed E-state index contributed by atoms with van der Waals surface area (Å²) in [4.78, 5) is 24.3. The third kappa shape index (κ3) is 6.55. The zero-order chi connectivity index (χ0) is 19.9. The second-order valence-electron chi connectivity index (χ2n) is 7.86. The van der Waals surface area contributed by atoms with E-state index >= 15 is 0 Å². The van der Waals surface area contributed by atoms with Gasteiger partial charge in [-0.1, -0.05) is 52.7 Å². The first kappa shape index (κ1) is 20.7. The van der Waals surface area contributed by atoms with Gasteiger partial charge < -0.3 is 10.6 Å². The fourth-order valence-electron chi connectivity index (χ4n) is 2.72. The number of carbonyl (C=O) groups is 2. The molecule has 0 fully saturated rings. The Balaban J connectivity index is 1.92. The number of rotatable bonds is 7. The molecule has 0 aromatic heterocycles. The molecule has 2 aromatic rings. The average molecular weight is 367 g/mol. The summed E-state index contributed by atoms with van der Waals surface area (Å²) in [5.41, 5.74) is 3.31. The lowest BCUT2D eigenvalue weighted by Gasteiger charge is -2.19. The third-order valence-electron chi connectivity index (χ3n) is 4.45. The van der Waals surface area contributed by atoms with Gasteiger partial charge in [-0.25, -0.2) is 0 Å². The van der Waals surface area contributed by atoms with E-state index in [1.807, 2.05) is 24.3 Å². The predicted octanol–water partition coefficient (Wildman–Crippen LogP) is 5.76. The van der Waals surface area contributed by atoms with Crippen molar-refractivity contribution in [2.75, 3.05) is 10.6 Å². The van der Waals surface area contributed by atoms with E-state index in [0.717, 1.165) is 24.9 Å². The average Bonchev–Trinajstić information content (AvgIpc) is 2.63. The largest absolute Gasteiger partial charge is 0.326 e. The molecule has 0 aliphatic carbocycles. The van der Waals surface area contributed by atoms with Crippen molar-refractivity contribution in [3.05, 3.63) is 59.7 Å². The maximum absolute atomic E-state index is 12.4. The summed E-state index contributed by atoms with van der Waals surface area (Å²) in [6.45, 7) is 8.55. The van der Waals surface area contributed by atoms with Crippen LogP contribution in [0.4, 0.5) is 11.4 Å². The van der Waals surface area contributed by atoms with Crippen LogP contribution >= 0.6 is 0 Å². The molecule has 0 atom stereocenters. The van der Waals surface area contributed by atoms with Crippen molar-refractivity contribution in [1.29, 1.82) is 0 Å². The van der Waals surface area contributed by atoms with Crippen LogP contribution in [0, 0.1) is 0 Å². The molecular weight excluding hydrogens is 336 g/mol. The first-order valence-corrected chi connectivity index (χ1v) is 9.61. The number of benzene rings is 2. The Labute approximate surface area is 162 Å². The summed E-state index contributed by atoms with van der Waals surface area (Å²) in [6, 6.07) is 14.9. The number of hydrogen-bond donors (Lipinski definition) is 2. The highest BCUT2D eigenvalue weighted by Gasteiger charge is 2.14. The molecule has 27 heavy (non-hydrogen) atoms. The molecule has 2 N–H and O–H groups in total. The van der Waals surface area contributed by atoms with Crippen LogP contribution in [0.1, 0.15) is 69.3 Å². The molecule has 0 radical (unpaired) electrons. The molecule has 0 saturated heterocycles. The quantitative estimate of drug-likeness (QED) is 0.613. The number of unbranched alkanes of at least 4 members (excludes halogenated alkanes) is 2. The molecule has 0 unspecified atom stereocenters. The van der Waals surface area contributed by atoms with E-state index in [4.69, 9.17) is 0 Å². The van der Waals surface area contributed by atoms with Gasteiger partial charge in [0, 0.05) is 23.4 Å². The Bertz CT molecular complexity index is 756. The van der Waals surface area contributed by atoms with Gasteiger partial charge in [0.05, 0.1) is 0 Å². The van der Waals surface area contributed by atoms with E-state index in [1.54, 1.807) is 24.3 Å². The Hall–Kier alpha value is -2.62. The zero-order valence-corrected chi connectivity index (χ0v) is 16.8. The third-order valence-corrected chi connectivity index (χ3v) is 4.45. The van der Waals surface area contributed by atoms with E-state index in [2.05, 4.69) is 38.3 Å². The maximum Gasteiger partial charge on any atom is 0.255 e. The molecule has 0 aliphatic heterocycles. The van der Waals surface area contributed by atoms with Crippen molar-refractivity contribution in [3.63, 3.8) is 0 Å². The van der Waals surface area contributed by atoms with Gasteiger partial charge in [-0.3, -0.25) is 9.59 Å². The SMILES string of the molecule is CCCCCC(=O)Nc1ccc(NC(=O)c2ccc(C(C)(C)C)cc2)cc1. The van der Waals surface area contributed by atoms with Crippen LogP contribution in [0.25, 0.3) is 0 Å². The second-order valence-corrected chi connectivity index (χ2v) is 7.86. The molecular formula is C23H30N2O2. The van der Waals surface area contributed by atoms with E-state index in [-0.39, 0.29) is 17.2 Å². The molecule has 0 saturated carbocycles. The molecule has 144 valence electrons. The fourth-order valence-corrected chi connectivity index (χ4v) is 2.72. The molecule has 0 bridgehead atoms. The van der Waals surface area contributed by atoms with E-state index in [1.165, 1.54) is 5.56 Å². The van der Waals surface area contributed by atoms with Gasteiger partial charge in [0.15, 0.2) is 0 Å². The van der Waals surface area contributed by atoms with Crippen LogP contribution in [-0.2, 0) is 10.2 Å². The Morgan fingerprint density at radius 2 is 1.37 bits per heavy atom. The van der Waals surface area contributed by atoms with Crippen molar-refractivity contribution in [2.45, 2.75) is 58.8 Å². The lowest BCUT2D eigenvalue weighted by atomic mass is 9.87. The Morgan fingerprint density at radius 1 is 0.815 bits per heavy atom. The smallest absolute Gasteiger partial charge is 0.255 e.